The van der Waals surface area contributed by atoms with Gasteiger partial charge in [0.1, 0.15) is 12.7 Å². The van der Waals surface area contributed by atoms with E-state index in [4.69, 9.17) is 0 Å². The number of sulfonamides is 1. The quantitative estimate of drug-likeness (QED) is 0.621. The molecule has 3 rings (SSSR count). The molecule has 12 heteroatoms. The fourth-order valence-electron chi connectivity index (χ4n) is 2.53. The maximum absolute atomic E-state index is 12.2. The highest BCUT2D eigenvalue weighted by Gasteiger charge is 2.24. The molecule has 1 saturated heterocycles. The van der Waals surface area contributed by atoms with Crippen LogP contribution in [-0.2, 0) is 14.8 Å². The van der Waals surface area contributed by atoms with Crippen LogP contribution >= 0.6 is 0 Å². The molecule has 1 fully saturated rings. The lowest BCUT2D eigenvalue weighted by atomic mass is 10.3. The van der Waals surface area contributed by atoms with E-state index < -0.39 is 10.0 Å². The van der Waals surface area contributed by atoms with E-state index in [0.717, 1.165) is 10.6 Å². The topological polar surface area (TPSA) is 117 Å². The van der Waals surface area contributed by atoms with Gasteiger partial charge in [-0.15, -0.1) is 10.2 Å². The highest BCUT2D eigenvalue weighted by Crippen LogP contribution is 2.14. The van der Waals surface area contributed by atoms with Crippen molar-refractivity contribution in [2.75, 3.05) is 50.9 Å². The van der Waals surface area contributed by atoms with Crippen LogP contribution in [0.25, 0.3) is 5.82 Å². The van der Waals surface area contributed by atoms with Crippen LogP contribution in [0.3, 0.4) is 0 Å². The Labute approximate surface area is 151 Å². The fraction of sp³-hybridized carbons (Fsp3) is 0.500. The summed E-state index contributed by atoms with van der Waals surface area (Å²) < 4.78 is 25.4. The summed E-state index contributed by atoms with van der Waals surface area (Å²) in [6.45, 7) is 2.06. The minimum atomic E-state index is -3.37. The molecule has 1 amide bonds. The van der Waals surface area contributed by atoms with Crippen LogP contribution in [0.1, 0.15) is 0 Å². The third-order valence-corrected chi connectivity index (χ3v) is 5.43. The average Bonchev–Trinajstić information content (AvgIpc) is 3.16. The minimum absolute atomic E-state index is 0.148. The first kappa shape index (κ1) is 18.2. The van der Waals surface area contributed by atoms with Crippen LogP contribution in [-0.4, -0.2) is 94.5 Å². The summed E-state index contributed by atoms with van der Waals surface area (Å²) in [5.74, 6) is 1.09. The highest BCUT2D eigenvalue weighted by atomic mass is 32.2. The summed E-state index contributed by atoms with van der Waals surface area (Å²) in [5.41, 5.74) is 0. The maximum Gasteiger partial charge on any atom is 0.238 e. The molecule has 0 aliphatic carbocycles. The largest absolute Gasteiger partial charge is 0.352 e. The Morgan fingerprint density at radius 1 is 1.15 bits per heavy atom. The predicted molar refractivity (Wildman–Crippen MR) is 93.2 cm³/mol. The first-order chi connectivity index (χ1) is 12.3. The number of anilines is 1. The second-order valence-corrected chi connectivity index (χ2v) is 8.07. The molecule has 0 aromatic carbocycles. The van der Waals surface area contributed by atoms with Crippen LogP contribution in [0.5, 0.6) is 0 Å². The van der Waals surface area contributed by atoms with Crippen molar-refractivity contribution in [1.29, 1.82) is 0 Å². The van der Waals surface area contributed by atoms with E-state index in [-0.39, 0.29) is 12.5 Å². The summed E-state index contributed by atoms with van der Waals surface area (Å²) in [6, 6.07) is 3.65. The fourth-order valence-corrected chi connectivity index (χ4v) is 2.87. The van der Waals surface area contributed by atoms with Crippen molar-refractivity contribution in [2.45, 2.75) is 0 Å². The van der Waals surface area contributed by atoms with Gasteiger partial charge in [0.05, 0.1) is 12.8 Å². The summed E-state index contributed by atoms with van der Waals surface area (Å²) >= 11 is 0. The van der Waals surface area contributed by atoms with Gasteiger partial charge < -0.3 is 9.80 Å². The molecule has 0 N–H and O–H groups in total. The first-order valence-electron chi connectivity index (χ1n) is 7.97. The average molecular weight is 380 g/mol. The number of nitrogens with zero attached hydrogens (tertiary/aromatic N) is 8. The van der Waals surface area contributed by atoms with Gasteiger partial charge in [0.25, 0.3) is 0 Å². The SMILES string of the molecule is CN(CC(=O)N1CCN(c2ccc(-n3cncn3)nn2)CC1)S(C)(=O)=O. The van der Waals surface area contributed by atoms with E-state index in [2.05, 4.69) is 20.3 Å². The molecule has 0 bridgehead atoms. The molecule has 0 unspecified atom stereocenters. The standard InChI is InChI=1S/C14H20N8O3S/c1-19(26(2,24)25)9-14(23)21-7-5-20(6-8-21)12-3-4-13(18-17-12)22-11-15-10-16-22/h3-4,10-11H,5-9H2,1-2H3. The number of carbonyl (C=O) groups is 1. The summed E-state index contributed by atoms with van der Waals surface area (Å²) in [4.78, 5) is 19.8. The Bertz CT molecular complexity index is 845. The molecule has 3 heterocycles. The molecule has 26 heavy (non-hydrogen) atoms. The molecule has 11 nitrogen and oxygen atoms in total. The van der Waals surface area contributed by atoms with Gasteiger partial charge in [-0.3, -0.25) is 4.79 Å². The van der Waals surface area contributed by atoms with Crippen molar-refractivity contribution in [3.8, 4) is 5.82 Å². The minimum Gasteiger partial charge on any atom is -0.352 e. The maximum atomic E-state index is 12.2. The van der Waals surface area contributed by atoms with Crippen LogP contribution < -0.4 is 4.90 Å². The molecule has 0 radical (unpaired) electrons. The normalized spacial score (nSPS) is 15.5. The Morgan fingerprint density at radius 3 is 2.35 bits per heavy atom. The number of piperazine rings is 1. The van der Waals surface area contributed by atoms with Crippen LogP contribution in [0.4, 0.5) is 5.82 Å². The molecule has 0 saturated carbocycles. The number of hydrogen-bond donors (Lipinski definition) is 0. The van der Waals surface area contributed by atoms with Gasteiger partial charge in [0.2, 0.25) is 15.9 Å². The summed E-state index contributed by atoms with van der Waals surface area (Å²) in [7, 11) is -1.97. The number of rotatable bonds is 5. The zero-order valence-electron chi connectivity index (χ0n) is 14.6. The number of aromatic nitrogens is 5. The Hall–Kier alpha value is -2.60. The van der Waals surface area contributed by atoms with E-state index in [0.29, 0.717) is 37.8 Å². The Balaban J connectivity index is 1.56. The van der Waals surface area contributed by atoms with E-state index in [9.17, 15) is 13.2 Å². The third-order valence-electron chi connectivity index (χ3n) is 4.17. The monoisotopic (exact) mass is 380 g/mol. The molecule has 2 aromatic rings. The van der Waals surface area contributed by atoms with E-state index >= 15 is 0 Å². The lowest BCUT2D eigenvalue weighted by Crippen LogP contribution is -2.51. The molecular formula is C14H20N8O3S. The smallest absolute Gasteiger partial charge is 0.238 e. The second kappa shape index (κ2) is 7.33. The number of likely N-dealkylation sites (N-methyl/N-ethyl adjacent to an activating group) is 1. The van der Waals surface area contributed by atoms with Crippen molar-refractivity contribution < 1.29 is 13.2 Å². The van der Waals surface area contributed by atoms with E-state index in [1.807, 2.05) is 11.0 Å². The first-order valence-corrected chi connectivity index (χ1v) is 9.82. The lowest BCUT2D eigenvalue weighted by molar-refractivity contribution is -0.131. The Kier molecular flexibility index (Phi) is 5.13. The molecule has 140 valence electrons. The van der Waals surface area contributed by atoms with Gasteiger partial charge in [-0.05, 0) is 12.1 Å². The van der Waals surface area contributed by atoms with Gasteiger partial charge in [0.15, 0.2) is 11.6 Å². The molecular weight excluding hydrogens is 360 g/mol. The lowest BCUT2D eigenvalue weighted by Gasteiger charge is -2.35. The van der Waals surface area contributed by atoms with Crippen molar-refractivity contribution >= 4 is 21.7 Å². The number of amides is 1. The van der Waals surface area contributed by atoms with Crippen LogP contribution in [0, 0.1) is 0 Å². The Morgan fingerprint density at radius 2 is 1.81 bits per heavy atom. The molecule has 0 atom stereocenters. The van der Waals surface area contributed by atoms with Crippen molar-refractivity contribution in [1.82, 2.24) is 34.2 Å². The second-order valence-electron chi connectivity index (χ2n) is 5.98. The van der Waals surface area contributed by atoms with Crippen molar-refractivity contribution in [3.63, 3.8) is 0 Å². The van der Waals surface area contributed by atoms with Crippen LogP contribution in [0.2, 0.25) is 0 Å². The van der Waals surface area contributed by atoms with Gasteiger partial charge >= 0.3 is 0 Å². The van der Waals surface area contributed by atoms with Gasteiger partial charge in [-0.25, -0.2) is 18.1 Å². The van der Waals surface area contributed by atoms with Gasteiger partial charge in [-0.2, -0.15) is 9.40 Å². The number of carbonyl (C=O) groups excluding carboxylic acids is 1. The summed E-state index contributed by atoms with van der Waals surface area (Å²) in [6.07, 6.45) is 4.05. The summed E-state index contributed by atoms with van der Waals surface area (Å²) in [5, 5.41) is 12.3. The van der Waals surface area contributed by atoms with Gasteiger partial charge in [0, 0.05) is 33.2 Å². The van der Waals surface area contributed by atoms with Crippen molar-refractivity contribution in [3.05, 3.63) is 24.8 Å². The van der Waals surface area contributed by atoms with E-state index in [1.54, 1.807) is 17.3 Å². The molecule has 2 aromatic heterocycles. The predicted octanol–water partition coefficient (Wildman–Crippen LogP) is -1.40. The van der Waals surface area contributed by atoms with Crippen molar-refractivity contribution in [2.24, 2.45) is 0 Å². The molecule has 1 aliphatic heterocycles. The third kappa shape index (κ3) is 4.14. The number of hydrogen-bond acceptors (Lipinski definition) is 8. The molecule has 1 aliphatic rings. The van der Waals surface area contributed by atoms with E-state index in [1.165, 1.54) is 18.1 Å². The zero-order chi connectivity index (χ0) is 18.7. The van der Waals surface area contributed by atoms with Crippen LogP contribution in [0.15, 0.2) is 24.8 Å². The van der Waals surface area contributed by atoms with Gasteiger partial charge in [-0.1, -0.05) is 0 Å². The highest BCUT2D eigenvalue weighted by molar-refractivity contribution is 7.88. The molecule has 0 spiro atoms. The zero-order valence-corrected chi connectivity index (χ0v) is 15.4.